The van der Waals surface area contributed by atoms with Crippen LogP contribution in [0.15, 0.2) is 36.4 Å². The number of nitro groups is 1. The lowest BCUT2D eigenvalue weighted by Crippen LogP contribution is -2.54. The molecule has 3 fully saturated rings. The Hall–Kier alpha value is -3.30. The van der Waals surface area contributed by atoms with Gasteiger partial charge in [0.15, 0.2) is 0 Å². The van der Waals surface area contributed by atoms with Gasteiger partial charge < -0.3 is 5.32 Å². The standard InChI is InChI=1S/C23H19ClN4O5/c1-11-9-14-19(15(24)10-11)25-22(31)23(14)18-17(16-3-2-8-26(16)23)20(29)27(21(18)30)12-4-6-13(7-5-12)28(32)33/h4-7,9-10,16-18H,2-3,8H2,1H3,(H,25,31)/t16-,17+,18-,23+/m0/s1. The summed E-state index contributed by atoms with van der Waals surface area (Å²) in [4.78, 5) is 54.8. The molecule has 0 saturated carbocycles. The summed E-state index contributed by atoms with van der Waals surface area (Å²) in [6, 6.07) is 8.73. The summed E-state index contributed by atoms with van der Waals surface area (Å²) in [5, 5.41) is 14.3. The highest BCUT2D eigenvalue weighted by molar-refractivity contribution is 6.35. The van der Waals surface area contributed by atoms with Crippen LogP contribution in [0.1, 0.15) is 24.0 Å². The fourth-order valence-electron chi connectivity index (χ4n) is 6.37. The molecule has 4 atom stereocenters. The molecular formula is C23H19ClN4O5. The number of anilines is 2. The molecule has 168 valence electrons. The summed E-state index contributed by atoms with van der Waals surface area (Å²) in [6.45, 7) is 2.48. The molecular weight excluding hydrogens is 448 g/mol. The third kappa shape index (κ3) is 2.38. The summed E-state index contributed by atoms with van der Waals surface area (Å²) < 4.78 is 0. The number of hydrogen-bond acceptors (Lipinski definition) is 6. The second-order valence-electron chi connectivity index (χ2n) is 9.08. The maximum atomic E-state index is 13.9. The van der Waals surface area contributed by atoms with Gasteiger partial charge in [-0.25, -0.2) is 4.90 Å². The Morgan fingerprint density at radius 2 is 1.88 bits per heavy atom. The molecule has 0 aromatic heterocycles. The van der Waals surface area contributed by atoms with Crippen molar-refractivity contribution in [1.29, 1.82) is 0 Å². The summed E-state index contributed by atoms with van der Waals surface area (Å²) >= 11 is 6.47. The Bertz CT molecular complexity index is 1280. The smallest absolute Gasteiger partial charge is 0.269 e. The predicted octanol–water partition coefficient (Wildman–Crippen LogP) is 2.99. The van der Waals surface area contributed by atoms with E-state index in [2.05, 4.69) is 5.32 Å². The van der Waals surface area contributed by atoms with Gasteiger partial charge in [-0.3, -0.25) is 29.4 Å². The SMILES string of the molecule is Cc1cc(Cl)c2c(c1)[C@]1(C(=O)N2)[C@@H]2C(=O)N(c3ccc([N+](=O)[O-])cc3)C(=O)[C@@H]2[C@@H]2CCCN21. The number of carbonyl (C=O) groups excluding carboxylic acids is 3. The minimum absolute atomic E-state index is 0.134. The van der Waals surface area contributed by atoms with Crippen LogP contribution in [0.3, 0.4) is 0 Å². The quantitative estimate of drug-likeness (QED) is 0.413. The van der Waals surface area contributed by atoms with Crippen LogP contribution in [0.2, 0.25) is 5.02 Å². The lowest BCUT2D eigenvalue weighted by molar-refractivity contribution is -0.384. The number of aryl methyl sites for hydroxylation is 1. The van der Waals surface area contributed by atoms with Crippen molar-refractivity contribution in [2.24, 2.45) is 11.8 Å². The molecule has 4 aliphatic rings. The van der Waals surface area contributed by atoms with Crippen molar-refractivity contribution in [3.63, 3.8) is 0 Å². The highest BCUT2D eigenvalue weighted by atomic mass is 35.5. The van der Waals surface area contributed by atoms with E-state index in [1.807, 2.05) is 17.9 Å². The van der Waals surface area contributed by atoms with E-state index in [1.165, 1.54) is 24.3 Å². The van der Waals surface area contributed by atoms with Crippen LogP contribution in [-0.2, 0) is 19.9 Å². The summed E-state index contributed by atoms with van der Waals surface area (Å²) in [5.74, 6) is -2.74. The number of halogens is 1. The zero-order valence-electron chi connectivity index (χ0n) is 17.6. The number of hydrogen-bond donors (Lipinski definition) is 1. The molecule has 3 amide bonds. The minimum atomic E-state index is -1.31. The third-order valence-electron chi connectivity index (χ3n) is 7.52. The van der Waals surface area contributed by atoms with Crippen LogP contribution in [-0.4, -0.2) is 40.1 Å². The van der Waals surface area contributed by atoms with E-state index in [1.54, 1.807) is 6.07 Å². The van der Waals surface area contributed by atoms with Gasteiger partial charge in [0.2, 0.25) is 11.8 Å². The van der Waals surface area contributed by atoms with E-state index in [4.69, 9.17) is 11.6 Å². The fraction of sp³-hybridized carbons (Fsp3) is 0.348. The molecule has 4 heterocycles. The van der Waals surface area contributed by atoms with Gasteiger partial charge in [-0.1, -0.05) is 17.7 Å². The predicted molar refractivity (Wildman–Crippen MR) is 119 cm³/mol. The Labute approximate surface area is 193 Å². The number of benzene rings is 2. The van der Waals surface area contributed by atoms with E-state index in [0.717, 1.165) is 16.9 Å². The fourth-order valence-corrected chi connectivity index (χ4v) is 6.69. The van der Waals surface area contributed by atoms with E-state index in [-0.39, 0.29) is 29.2 Å². The second-order valence-corrected chi connectivity index (χ2v) is 9.49. The molecule has 33 heavy (non-hydrogen) atoms. The number of rotatable bonds is 2. The van der Waals surface area contributed by atoms with Gasteiger partial charge in [0.05, 0.1) is 33.2 Å². The number of nitrogens with one attached hydrogen (secondary N) is 1. The van der Waals surface area contributed by atoms with E-state index >= 15 is 0 Å². The Morgan fingerprint density at radius 3 is 2.58 bits per heavy atom. The molecule has 1 spiro atoms. The molecule has 2 aromatic rings. The molecule has 4 aliphatic heterocycles. The number of non-ortho nitro benzene ring substituents is 1. The average molecular weight is 467 g/mol. The third-order valence-corrected chi connectivity index (χ3v) is 7.81. The number of imide groups is 1. The molecule has 1 N–H and O–H groups in total. The first-order valence-corrected chi connectivity index (χ1v) is 11.2. The monoisotopic (exact) mass is 466 g/mol. The second kappa shape index (κ2) is 6.61. The zero-order chi connectivity index (χ0) is 23.2. The normalized spacial score (nSPS) is 30.1. The van der Waals surface area contributed by atoms with Gasteiger partial charge in [0.25, 0.3) is 11.6 Å². The highest BCUT2D eigenvalue weighted by Crippen LogP contribution is 2.61. The number of nitro benzene ring substituents is 1. The van der Waals surface area contributed by atoms with Crippen molar-refractivity contribution in [1.82, 2.24) is 4.90 Å². The molecule has 10 heteroatoms. The number of nitrogens with zero attached hydrogens (tertiary/aromatic N) is 3. The lowest BCUT2D eigenvalue weighted by Gasteiger charge is -2.36. The van der Waals surface area contributed by atoms with Crippen LogP contribution < -0.4 is 10.2 Å². The largest absolute Gasteiger partial charge is 0.323 e. The molecule has 0 aliphatic carbocycles. The van der Waals surface area contributed by atoms with Crippen LogP contribution in [0.5, 0.6) is 0 Å². The Balaban J connectivity index is 1.53. The van der Waals surface area contributed by atoms with E-state index in [9.17, 15) is 24.5 Å². The summed E-state index contributed by atoms with van der Waals surface area (Å²) in [5.41, 5.74) is 0.823. The summed E-state index contributed by atoms with van der Waals surface area (Å²) in [6.07, 6.45) is 1.52. The van der Waals surface area contributed by atoms with Gasteiger partial charge in [0, 0.05) is 23.7 Å². The first-order chi connectivity index (χ1) is 15.8. The van der Waals surface area contributed by atoms with E-state index < -0.39 is 28.2 Å². The van der Waals surface area contributed by atoms with Crippen molar-refractivity contribution in [3.8, 4) is 0 Å². The molecule has 9 nitrogen and oxygen atoms in total. The van der Waals surface area contributed by atoms with Crippen molar-refractivity contribution in [2.45, 2.75) is 31.3 Å². The topological polar surface area (TPSA) is 113 Å². The highest BCUT2D eigenvalue weighted by Gasteiger charge is 2.74. The van der Waals surface area contributed by atoms with Gasteiger partial charge in [-0.05, 0) is 50.1 Å². The molecule has 0 bridgehead atoms. The van der Waals surface area contributed by atoms with Crippen molar-refractivity contribution in [2.75, 3.05) is 16.8 Å². The van der Waals surface area contributed by atoms with Crippen molar-refractivity contribution < 1.29 is 19.3 Å². The number of carbonyl (C=O) groups is 3. The van der Waals surface area contributed by atoms with Crippen LogP contribution in [0, 0.1) is 28.9 Å². The van der Waals surface area contributed by atoms with E-state index in [0.29, 0.717) is 29.2 Å². The van der Waals surface area contributed by atoms with Crippen LogP contribution in [0.25, 0.3) is 0 Å². The first kappa shape index (κ1) is 20.3. The van der Waals surface area contributed by atoms with Gasteiger partial charge >= 0.3 is 0 Å². The molecule has 0 unspecified atom stereocenters. The maximum absolute atomic E-state index is 13.9. The lowest BCUT2D eigenvalue weighted by atomic mass is 9.75. The number of fused-ring (bicyclic) bond motifs is 7. The van der Waals surface area contributed by atoms with Crippen molar-refractivity contribution >= 4 is 46.4 Å². The van der Waals surface area contributed by atoms with Crippen LogP contribution >= 0.6 is 11.6 Å². The molecule has 6 rings (SSSR count). The van der Waals surface area contributed by atoms with Gasteiger partial charge in [0.1, 0.15) is 5.54 Å². The Kier molecular flexibility index (Phi) is 4.07. The van der Waals surface area contributed by atoms with Gasteiger partial charge in [-0.2, -0.15) is 0 Å². The number of amides is 3. The maximum Gasteiger partial charge on any atom is 0.269 e. The molecule has 2 aromatic carbocycles. The van der Waals surface area contributed by atoms with Crippen LogP contribution in [0.4, 0.5) is 17.1 Å². The van der Waals surface area contributed by atoms with Gasteiger partial charge in [-0.15, -0.1) is 0 Å². The minimum Gasteiger partial charge on any atom is -0.323 e. The molecule has 0 radical (unpaired) electrons. The first-order valence-electron chi connectivity index (χ1n) is 10.8. The summed E-state index contributed by atoms with van der Waals surface area (Å²) in [7, 11) is 0. The Morgan fingerprint density at radius 1 is 1.15 bits per heavy atom. The van der Waals surface area contributed by atoms with Crippen molar-refractivity contribution in [3.05, 3.63) is 62.7 Å². The zero-order valence-corrected chi connectivity index (χ0v) is 18.3. The molecule has 3 saturated heterocycles. The average Bonchev–Trinajstić information content (AvgIpc) is 3.47.